The van der Waals surface area contributed by atoms with Crippen molar-refractivity contribution in [3.63, 3.8) is 0 Å². The van der Waals surface area contributed by atoms with Gasteiger partial charge in [0.2, 0.25) is 5.91 Å². The van der Waals surface area contributed by atoms with Crippen LogP contribution in [0.5, 0.6) is 11.5 Å². The topological polar surface area (TPSA) is 58.6 Å². The minimum Gasteiger partial charge on any atom is -0.507 e. The van der Waals surface area contributed by atoms with E-state index in [4.69, 9.17) is 0 Å². The van der Waals surface area contributed by atoms with E-state index in [0.717, 1.165) is 12.1 Å². The van der Waals surface area contributed by atoms with E-state index in [0.29, 0.717) is 0 Å². The summed E-state index contributed by atoms with van der Waals surface area (Å²) in [5.41, 5.74) is 0.139. The van der Waals surface area contributed by atoms with Gasteiger partial charge in [-0.15, -0.1) is 13.2 Å². The van der Waals surface area contributed by atoms with Gasteiger partial charge in [0.25, 0.3) is 0 Å². The van der Waals surface area contributed by atoms with Crippen molar-refractivity contribution in [3.8, 4) is 23.3 Å². The second kappa shape index (κ2) is 6.00. The zero-order valence-corrected chi connectivity index (χ0v) is 9.84. The van der Waals surface area contributed by atoms with E-state index < -0.39 is 17.9 Å². The third kappa shape index (κ3) is 5.68. The van der Waals surface area contributed by atoms with E-state index >= 15 is 0 Å². The third-order valence-electron chi connectivity index (χ3n) is 1.85. The summed E-state index contributed by atoms with van der Waals surface area (Å²) in [5.74, 6) is 3.82. The fraction of sp³-hybridized carbons (Fsp3) is 0.250. The lowest BCUT2D eigenvalue weighted by Gasteiger charge is -2.09. The molecule has 0 fully saturated rings. The second-order valence-corrected chi connectivity index (χ2v) is 3.44. The first kappa shape index (κ1) is 14.7. The predicted molar refractivity (Wildman–Crippen MR) is 60.4 cm³/mol. The van der Waals surface area contributed by atoms with Gasteiger partial charge in [-0.3, -0.25) is 4.79 Å². The van der Waals surface area contributed by atoms with Crippen LogP contribution in [0.4, 0.5) is 13.2 Å². The Labute approximate surface area is 107 Å². The van der Waals surface area contributed by atoms with E-state index in [1.165, 1.54) is 13.0 Å². The van der Waals surface area contributed by atoms with Gasteiger partial charge in [-0.1, -0.05) is 11.8 Å². The fourth-order valence-electron chi connectivity index (χ4n) is 1.12. The summed E-state index contributed by atoms with van der Waals surface area (Å²) in [5, 5.41) is 11.9. The van der Waals surface area contributed by atoms with Gasteiger partial charge in [0.15, 0.2) is 0 Å². The van der Waals surface area contributed by atoms with E-state index in [9.17, 15) is 23.1 Å². The van der Waals surface area contributed by atoms with Crippen LogP contribution >= 0.6 is 0 Å². The maximum Gasteiger partial charge on any atom is 0.573 e. The van der Waals surface area contributed by atoms with Crippen LogP contribution in [0.2, 0.25) is 0 Å². The zero-order valence-electron chi connectivity index (χ0n) is 9.84. The molecule has 1 aromatic carbocycles. The van der Waals surface area contributed by atoms with Gasteiger partial charge in [0.05, 0.1) is 12.1 Å². The predicted octanol–water partition coefficient (Wildman–Crippen LogP) is 1.78. The molecule has 0 radical (unpaired) electrons. The number of alkyl halides is 3. The SMILES string of the molecule is CC(=O)NCC#Cc1ccc(OC(F)(F)F)cc1O. The Bertz CT molecular complexity index is 529. The zero-order chi connectivity index (χ0) is 14.5. The van der Waals surface area contributed by atoms with Crippen molar-refractivity contribution in [1.82, 2.24) is 5.32 Å². The number of rotatable bonds is 2. The summed E-state index contributed by atoms with van der Waals surface area (Å²) in [7, 11) is 0. The van der Waals surface area contributed by atoms with Gasteiger partial charge < -0.3 is 15.2 Å². The Kier molecular flexibility index (Phi) is 4.64. The van der Waals surface area contributed by atoms with Gasteiger partial charge in [0.1, 0.15) is 11.5 Å². The molecule has 0 saturated carbocycles. The highest BCUT2D eigenvalue weighted by Crippen LogP contribution is 2.27. The second-order valence-electron chi connectivity index (χ2n) is 3.44. The number of ether oxygens (including phenoxy) is 1. The molecular formula is C12H10F3NO3. The summed E-state index contributed by atoms with van der Waals surface area (Å²) >= 11 is 0. The van der Waals surface area contributed by atoms with Crippen LogP contribution in [0.1, 0.15) is 12.5 Å². The molecule has 1 amide bonds. The van der Waals surface area contributed by atoms with Crippen molar-refractivity contribution >= 4 is 5.91 Å². The monoisotopic (exact) mass is 273 g/mol. The highest BCUT2D eigenvalue weighted by Gasteiger charge is 2.31. The van der Waals surface area contributed by atoms with Crippen molar-refractivity contribution < 1.29 is 27.8 Å². The standard InChI is InChI=1S/C12H10F3NO3/c1-8(17)16-6-2-3-9-4-5-10(7-11(9)18)19-12(13,14)15/h4-5,7,18H,6H2,1H3,(H,16,17). The molecule has 0 aliphatic heterocycles. The Hall–Kier alpha value is -2.36. The van der Waals surface area contributed by atoms with Crippen LogP contribution in [0.15, 0.2) is 18.2 Å². The average molecular weight is 273 g/mol. The summed E-state index contributed by atoms with van der Waals surface area (Å²) in [4.78, 5) is 10.5. The van der Waals surface area contributed by atoms with E-state index in [-0.39, 0.29) is 18.0 Å². The summed E-state index contributed by atoms with van der Waals surface area (Å²) in [6.07, 6.45) is -4.81. The van der Waals surface area contributed by atoms with E-state index in [2.05, 4.69) is 21.9 Å². The number of hydrogen-bond acceptors (Lipinski definition) is 3. The Morgan fingerprint density at radius 1 is 1.47 bits per heavy atom. The molecule has 0 aromatic heterocycles. The molecule has 0 unspecified atom stereocenters. The lowest BCUT2D eigenvalue weighted by molar-refractivity contribution is -0.274. The molecule has 0 aliphatic carbocycles. The number of phenolic OH excluding ortho intramolecular Hbond substituents is 1. The molecule has 0 bridgehead atoms. The normalized spacial score (nSPS) is 10.3. The number of nitrogens with one attached hydrogen (secondary N) is 1. The van der Waals surface area contributed by atoms with Crippen molar-refractivity contribution in [2.45, 2.75) is 13.3 Å². The van der Waals surface area contributed by atoms with Crippen molar-refractivity contribution in [1.29, 1.82) is 0 Å². The smallest absolute Gasteiger partial charge is 0.507 e. The molecule has 2 N–H and O–H groups in total. The number of phenols is 1. The van der Waals surface area contributed by atoms with Crippen LogP contribution in [0.25, 0.3) is 0 Å². The lowest BCUT2D eigenvalue weighted by atomic mass is 10.2. The Morgan fingerprint density at radius 2 is 2.16 bits per heavy atom. The molecule has 0 aliphatic rings. The maximum atomic E-state index is 11.9. The number of benzene rings is 1. The molecule has 1 aromatic rings. The highest BCUT2D eigenvalue weighted by molar-refractivity contribution is 5.73. The first-order chi connectivity index (χ1) is 8.78. The minimum absolute atomic E-state index is 0.0789. The lowest BCUT2D eigenvalue weighted by Crippen LogP contribution is -2.19. The fourth-order valence-corrected chi connectivity index (χ4v) is 1.12. The number of carbonyl (C=O) groups excluding carboxylic acids is 1. The van der Waals surface area contributed by atoms with Crippen LogP contribution in [0, 0.1) is 11.8 Å². The van der Waals surface area contributed by atoms with Gasteiger partial charge in [-0.2, -0.15) is 0 Å². The Morgan fingerprint density at radius 3 is 2.68 bits per heavy atom. The van der Waals surface area contributed by atoms with Crippen LogP contribution < -0.4 is 10.1 Å². The molecule has 19 heavy (non-hydrogen) atoms. The summed E-state index contributed by atoms with van der Waals surface area (Å²) in [6.45, 7) is 1.40. The highest BCUT2D eigenvalue weighted by atomic mass is 19.4. The minimum atomic E-state index is -4.81. The quantitative estimate of drug-likeness (QED) is 0.807. The summed E-state index contributed by atoms with van der Waals surface area (Å²) in [6, 6.07) is 3.04. The van der Waals surface area contributed by atoms with Gasteiger partial charge in [-0.05, 0) is 12.1 Å². The van der Waals surface area contributed by atoms with Crippen molar-refractivity contribution in [2.24, 2.45) is 0 Å². The Balaban J connectivity index is 2.75. The number of aromatic hydroxyl groups is 1. The first-order valence-corrected chi connectivity index (χ1v) is 5.10. The number of hydrogen-bond donors (Lipinski definition) is 2. The number of carbonyl (C=O) groups is 1. The molecule has 102 valence electrons. The maximum absolute atomic E-state index is 11.9. The van der Waals surface area contributed by atoms with Gasteiger partial charge >= 0.3 is 6.36 Å². The largest absolute Gasteiger partial charge is 0.573 e. The molecule has 7 heteroatoms. The van der Waals surface area contributed by atoms with Crippen LogP contribution in [-0.2, 0) is 4.79 Å². The van der Waals surface area contributed by atoms with E-state index in [1.807, 2.05) is 0 Å². The number of halogens is 3. The van der Waals surface area contributed by atoms with Crippen molar-refractivity contribution in [2.75, 3.05) is 6.54 Å². The average Bonchev–Trinajstić information content (AvgIpc) is 2.24. The van der Waals surface area contributed by atoms with Crippen LogP contribution in [-0.4, -0.2) is 23.9 Å². The molecule has 0 atom stereocenters. The molecule has 0 heterocycles. The molecule has 4 nitrogen and oxygen atoms in total. The first-order valence-electron chi connectivity index (χ1n) is 5.10. The number of amides is 1. The van der Waals surface area contributed by atoms with Crippen molar-refractivity contribution in [3.05, 3.63) is 23.8 Å². The molecule has 1 rings (SSSR count). The van der Waals surface area contributed by atoms with Gasteiger partial charge in [0, 0.05) is 13.0 Å². The molecule has 0 spiro atoms. The van der Waals surface area contributed by atoms with Gasteiger partial charge in [-0.25, -0.2) is 0 Å². The third-order valence-corrected chi connectivity index (χ3v) is 1.85. The summed E-state index contributed by atoms with van der Waals surface area (Å²) < 4.78 is 39.4. The molecular weight excluding hydrogens is 263 g/mol. The molecule has 0 saturated heterocycles. The van der Waals surface area contributed by atoms with E-state index in [1.54, 1.807) is 0 Å². The van der Waals surface area contributed by atoms with Crippen LogP contribution in [0.3, 0.4) is 0 Å².